The van der Waals surface area contributed by atoms with Gasteiger partial charge in [-0.15, -0.1) is 0 Å². The van der Waals surface area contributed by atoms with Crippen molar-refractivity contribution < 1.29 is 17.9 Å². The Bertz CT molecular complexity index is 659. The Labute approximate surface area is 140 Å². The van der Waals surface area contributed by atoms with Crippen LogP contribution >= 0.6 is 38.2 Å². The van der Waals surface area contributed by atoms with E-state index in [1.807, 2.05) is 0 Å². The molecule has 9 heteroatoms. The smallest absolute Gasteiger partial charge is 0.262 e. The van der Waals surface area contributed by atoms with Crippen LogP contribution in [0, 0.1) is 5.92 Å². The Balaban J connectivity index is 2.22. The Hall–Kier alpha value is -0.340. The molecule has 1 fully saturated rings. The van der Waals surface area contributed by atoms with Crippen LogP contribution in [0.25, 0.3) is 0 Å². The normalized spacial score (nSPS) is 18.7. The molecule has 1 aliphatic heterocycles. The van der Waals surface area contributed by atoms with Crippen molar-refractivity contribution in [1.82, 2.24) is 5.32 Å². The van der Waals surface area contributed by atoms with Crippen LogP contribution in [0.1, 0.15) is 16.8 Å². The van der Waals surface area contributed by atoms with Crippen LogP contribution in [0.15, 0.2) is 21.5 Å². The van der Waals surface area contributed by atoms with E-state index in [9.17, 15) is 13.2 Å². The fourth-order valence-electron chi connectivity index (χ4n) is 1.98. The zero-order valence-electron chi connectivity index (χ0n) is 10.7. The molecule has 1 atom stereocenters. The zero-order chi connectivity index (χ0) is 15.6. The summed E-state index contributed by atoms with van der Waals surface area (Å²) in [5.41, 5.74) is 0.0594. The van der Waals surface area contributed by atoms with Gasteiger partial charge < -0.3 is 10.1 Å². The number of rotatable bonds is 4. The molecule has 5 nitrogen and oxygen atoms in total. The molecule has 0 spiro atoms. The fourth-order valence-corrected chi connectivity index (χ4v) is 4.17. The van der Waals surface area contributed by atoms with Gasteiger partial charge in [-0.25, -0.2) is 8.42 Å². The number of carbonyl (C=O) groups is 1. The van der Waals surface area contributed by atoms with Gasteiger partial charge in [-0.3, -0.25) is 4.79 Å². The lowest BCUT2D eigenvalue weighted by Gasteiger charge is -2.12. The third-order valence-electron chi connectivity index (χ3n) is 3.09. The minimum atomic E-state index is -4.03. The van der Waals surface area contributed by atoms with E-state index in [4.69, 9.17) is 27.0 Å². The quantitative estimate of drug-likeness (QED) is 0.766. The fraction of sp³-hybridized carbons (Fsp3) is 0.417. The summed E-state index contributed by atoms with van der Waals surface area (Å²) in [6.45, 7) is 1.74. The third kappa shape index (κ3) is 4.32. The summed E-state index contributed by atoms with van der Waals surface area (Å²) < 4.78 is 28.5. The molecule has 1 heterocycles. The first-order valence-electron chi connectivity index (χ1n) is 6.08. The molecular formula is C12H12BrCl2NO4S. The molecular weight excluding hydrogens is 405 g/mol. The maximum atomic E-state index is 12.2. The Morgan fingerprint density at radius 3 is 2.76 bits per heavy atom. The number of nitrogens with one attached hydrogen (secondary N) is 1. The molecule has 1 aliphatic rings. The molecule has 1 N–H and O–H groups in total. The highest BCUT2D eigenvalue weighted by Gasteiger charge is 2.23. The maximum Gasteiger partial charge on any atom is 0.262 e. The van der Waals surface area contributed by atoms with Gasteiger partial charge in [0.25, 0.3) is 15.0 Å². The second-order valence-corrected chi connectivity index (χ2v) is 8.47. The van der Waals surface area contributed by atoms with Crippen molar-refractivity contribution in [2.45, 2.75) is 11.3 Å². The van der Waals surface area contributed by atoms with Crippen molar-refractivity contribution >= 4 is 53.2 Å². The average molecular weight is 417 g/mol. The second-order valence-electron chi connectivity index (χ2n) is 4.64. The molecule has 0 aliphatic carbocycles. The number of hydrogen-bond acceptors (Lipinski definition) is 4. The Morgan fingerprint density at radius 2 is 2.19 bits per heavy atom. The first-order valence-corrected chi connectivity index (χ1v) is 9.56. The summed E-state index contributed by atoms with van der Waals surface area (Å²) >= 11 is 9.13. The molecule has 1 unspecified atom stereocenters. The van der Waals surface area contributed by atoms with Crippen LogP contribution in [0.5, 0.6) is 0 Å². The number of hydrogen-bond donors (Lipinski definition) is 1. The van der Waals surface area contributed by atoms with Crippen LogP contribution in [0.4, 0.5) is 0 Å². The molecule has 0 aromatic heterocycles. The number of carbonyl (C=O) groups excluding carboxylic acids is 1. The van der Waals surface area contributed by atoms with E-state index in [1.165, 1.54) is 12.1 Å². The van der Waals surface area contributed by atoms with Crippen molar-refractivity contribution in [3.05, 3.63) is 27.2 Å². The van der Waals surface area contributed by atoms with Gasteiger partial charge in [-0.1, -0.05) is 27.5 Å². The molecule has 2 rings (SSSR count). The number of amides is 1. The first-order chi connectivity index (χ1) is 9.79. The SMILES string of the molecule is O=C(NCC1CCOC1)c1cc(Br)cc(S(=O)(=O)Cl)c1Cl. The lowest BCUT2D eigenvalue weighted by molar-refractivity contribution is 0.0945. The van der Waals surface area contributed by atoms with Gasteiger partial charge in [0.2, 0.25) is 0 Å². The van der Waals surface area contributed by atoms with Crippen molar-refractivity contribution in [2.24, 2.45) is 5.92 Å². The zero-order valence-corrected chi connectivity index (χ0v) is 14.6. The largest absolute Gasteiger partial charge is 0.381 e. The molecule has 0 radical (unpaired) electrons. The van der Waals surface area contributed by atoms with E-state index >= 15 is 0 Å². The van der Waals surface area contributed by atoms with E-state index < -0.39 is 15.0 Å². The van der Waals surface area contributed by atoms with Crippen LogP contribution in [-0.4, -0.2) is 34.1 Å². The molecule has 116 valence electrons. The highest BCUT2D eigenvalue weighted by atomic mass is 79.9. The molecule has 1 aromatic rings. The lowest BCUT2D eigenvalue weighted by Crippen LogP contribution is -2.29. The second kappa shape index (κ2) is 6.83. The number of ether oxygens (including phenoxy) is 1. The number of halogens is 3. The van der Waals surface area contributed by atoms with E-state index in [0.717, 1.165) is 6.42 Å². The summed E-state index contributed by atoms with van der Waals surface area (Å²) in [6, 6.07) is 2.71. The van der Waals surface area contributed by atoms with Gasteiger partial charge in [-0.05, 0) is 18.6 Å². The van der Waals surface area contributed by atoms with Gasteiger partial charge in [-0.2, -0.15) is 0 Å². The summed E-state index contributed by atoms with van der Waals surface area (Å²) in [5, 5.41) is 2.54. The Kier molecular flexibility index (Phi) is 5.54. The standard InChI is InChI=1S/C12H12BrCl2NO4S/c13-8-3-9(11(14)10(4-8)21(15,18)19)12(17)16-5-7-1-2-20-6-7/h3-4,7H,1-2,5-6H2,(H,16,17). The maximum absolute atomic E-state index is 12.2. The molecule has 1 saturated heterocycles. The van der Waals surface area contributed by atoms with E-state index in [2.05, 4.69) is 21.2 Å². The van der Waals surface area contributed by atoms with Gasteiger partial charge in [0.1, 0.15) is 4.90 Å². The number of benzene rings is 1. The van der Waals surface area contributed by atoms with E-state index in [1.54, 1.807) is 0 Å². The molecule has 0 saturated carbocycles. The van der Waals surface area contributed by atoms with E-state index in [-0.39, 0.29) is 21.4 Å². The molecule has 21 heavy (non-hydrogen) atoms. The van der Waals surface area contributed by atoms with Crippen molar-refractivity contribution in [3.8, 4) is 0 Å². The lowest BCUT2D eigenvalue weighted by atomic mass is 10.1. The summed E-state index contributed by atoms with van der Waals surface area (Å²) in [6.07, 6.45) is 0.883. The van der Waals surface area contributed by atoms with Crippen LogP contribution in [-0.2, 0) is 13.8 Å². The van der Waals surface area contributed by atoms with Gasteiger partial charge in [0, 0.05) is 34.2 Å². The first kappa shape index (κ1) is 17.0. The molecule has 0 bridgehead atoms. The predicted octanol–water partition coefficient (Wildman–Crippen LogP) is 2.80. The monoisotopic (exact) mass is 415 g/mol. The van der Waals surface area contributed by atoms with Crippen LogP contribution in [0.3, 0.4) is 0 Å². The third-order valence-corrected chi connectivity index (χ3v) is 5.41. The topological polar surface area (TPSA) is 72.5 Å². The highest BCUT2D eigenvalue weighted by Crippen LogP contribution is 2.31. The van der Waals surface area contributed by atoms with E-state index in [0.29, 0.717) is 24.2 Å². The van der Waals surface area contributed by atoms with Crippen molar-refractivity contribution in [1.29, 1.82) is 0 Å². The van der Waals surface area contributed by atoms with Gasteiger partial charge in [0.05, 0.1) is 17.2 Å². The van der Waals surface area contributed by atoms with Crippen molar-refractivity contribution in [2.75, 3.05) is 19.8 Å². The van der Waals surface area contributed by atoms with Gasteiger partial charge in [0.15, 0.2) is 0 Å². The molecule has 1 amide bonds. The summed E-state index contributed by atoms with van der Waals surface area (Å²) in [7, 11) is 1.28. The minimum absolute atomic E-state index is 0.0594. The van der Waals surface area contributed by atoms with Gasteiger partial charge >= 0.3 is 0 Å². The van der Waals surface area contributed by atoms with Crippen LogP contribution < -0.4 is 5.32 Å². The molecule has 1 aromatic carbocycles. The summed E-state index contributed by atoms with van der Waals surface area (Å²) in [4.78, 5) is 11.9. The minimum Gasteiger partial charge on any atom is -0.381 e. The Morgan fingerprint density at radius 1 is 1.48 bits per heavy atom. The predicted molar refractivity (Wildman–Crippen MR) is 83.5 cm³/mol. The average Bonchev–Trinajstić information content (AvgIpc) is 2.90. The van der Waals surface area contributed by atoms with Crippen molar-refractivity contribution in [3.63, 3.8) is 0 Å². The van der Waals surface area contributed by atoms with Crippen LogP contribution in [0.2, 0.25) is 5.02 Å². The summed E-state index contributed by atoms with van der Waals surface area (Å²) in [5.74, 6) is -0.189. The highest BCUT2D eigenvalue weighted by molar-refractivity contribution is 9.10.